The topological polar surface area (TPSA) is 0 Å². The van der Waals surface area contributed by atoms with Crippen LogP contribution >= 0.6 is 123 Å². The van der Waals surface area contributed by atoms with Gasteiger partial charge in [-0.3, -0.25) is 0 Å². The Hall–Kier alpha value is 0.989. The minimum absolute atomic E-state index is 0. The molecule has 66 heavy (non-hydrogen) atoms. The Bertz CT molecular complexity index is 2790. The molecule has 0 saturated heterocycles. The number of thiophene rings is 8. The molecule has 0 atom stereocenters. The summed E-state index contributed by atoms with van der Waals surface area (Å²) >= 11 is 22.9. The number of benzene rings is 2. The molecule has 0 N–H and O–H groups in total. The standard InChI is InChI=1S/C30H38S4.C14H4Br2S4.C8H17.CH3.BrH.Mg.Pd/c1-3-5-7-9-11-13-15-21-19-25-27(31-21)23-17-18-24-28-26(34-30(24)29(23)33-25)20-22(32-28)16-14-12-10-8-6-4-2;15-9-3-7-11(19-9)5-1-2-6-12-8(4-10(16)20-12)18-14(6)13(5)17-7;1-3-5-7-8-6-4-2;;;;/h17-20H,3-16H2,1-2H3;1-4H;1,3-8H2,2H3;1H3;1H;;/q;;2*-1;;+2;/p-1. The van der Waals surface area contributed by atoms with E-state index >= 15 is 0 Å². The van der Waals surface area contributed by atoms with Gasteiger partial charge >= 0.3 is 23.1 Å². The molecule has 0 amide bonds. The molecule has 2 aromatic carbocycles. The van der Waals surface area contributed by atoms with Crippen LogP contribution in [0.15, 0.2) is 56.1 Å². The van der Waals surface area contributed by atoms with Gasteiger partial charge in [-0.1, -0.05) is 141 Å². The van der Waals surface area contributed by atoms with E-state index in [0.29, 0.717) is 0 Å². The van der Waals surface area contributed by atoms with Gasteiger partial charge in [-0.15, -0.1) is 90.7 Å². The van der Waals surface area contributed by atoms with Crippen molar-refractivity contribution in [3.63, 3.8) is 0 Å². The van der Waals surface area contributed by atoms with E-state index in [-0.39, 0.29) is 67.9 Å². The fourth-order valence-corrected chi connectivity index (χ4v) is 20.5. The summed E-state index contributed by atoms with van der Waals surface area (Å²) in [4.78, 5) is 3.18. The van der Waals surface area contributed by atoms with E-state index in [1.165, 1.54) is 208 Å². The maximum Gasteiger partial charge on any atom is 2.00 e. The van der Waals surface area contributed by atoms with Gasteiger partial charge in [0.05, 0.1) is 45.2 Å². The molecule has 0 aliphatic rings. The van der Waals surface area contributed by atoms with E-state index in [0.717, 1.165) is 6.42 Å². The molecule has 0 aliphatic heterocycles. The van der Waals surface area contributed by atoms with Crippen molar-refractivity contribution in [1.82, 2.24) is 0 Å². The van der Waals surface area contributed by atoms with Gasteiger partial charge in [0.15, 0.2) is 0 Å². The monoisotopic (exact) mass is 1320 g/mol. The van der Waals surface area contributed by atoms with Gasteiger partial charge in [-0.2, -0.15) is 6.42 Å². The van der Waals surface area contributed by atoms with Crippen LogP contribution < -0.4 is 17.0 Å². The summed E-state index contributed by atoms with van der Waals surface area (Å²) in [6.07, 6.45) is 27.1. The van der Waals surface area contributed by atoms with Crippen LogP contribution in [0.25, 0.3) is 77.9 Å². The summed E-state index contributed by atoms with van der Waals surface area (Å²) in [5.74, 6) is 0. The fraction of sp³-hybridized carbons (Fsp3) is 0.434. The first-order valence-electron chi connectivity index (χ1n) is 23.1. The van der Waals surface area contributed by atoms with Crippen LogP contribution in [0.3, 0.4) is 0 Å². The van der Waals surface area contributed by atoms with Crippen LogP contribution in [-0.4, -0.2) is 23.1 Å². The molecule has 0 radical (unpaired) electrons. The number of halogens is 3. The predicted molar refractivity (Wildman–Crippen MR) is 316 cm³/mol. The zero-order valence-corrected chi connectivity index (χ0v) is 53.2. The minimum Gasteiger partial charge on any atom is -1.00 e. The Morgan fingerprint density at radius 1 is 0.394 bits per heavy atom. The second kappa shape index (κ2) is 29.6. The third kappa shape index (κ3) is 14.4. The van der Waals surface area contributed by atoms with Gasteiger partial charge < -0.3 is 31.3 Å². The van der Waals surface area contributed by atoms with Gasteiger partial charge in [-0.25, -0.2) is 0 Å². The van der Waals surface area contributed by atoms with Crippen molar-refractivity contribution in [3.8, 4) is 0 Å². The average molecular weight is 1330 g/mol. The first-order valence-corrected chi connectivity index (χ1v) is 31.2. The Morgan fingerprint density at radius 3 is 1.02 bits per heavy atom. The molecular formula is C53H62Br3MgPdS8-. The van der Waals surface area contributed by atoms with Gasteiger partial charge in [0, 0.05) is 70.5 Å². The van der Waals surface area contributed by atoms with Crippen molar-refractivity contribution in [3.05, 3.63) is 80.2 Å². The fourth-order valence-electron chi connectivity index (χ4n) is 8.46. The smallest absolute Gasteiger partial charge is 1.00 e. The van der Waals surface area contributed by atoms with Crippen LogP contribution in [0.1, 0.15) is 146 Å². The third-order valence-electron chi connectivity index (χ3n) is 11.8. The molecule has 0 fully saturated rings. The summed E-state index contributed by atoms with van der Waals surface area (Å²) in [5, 5.41) is 5.79. The summed E-state index contributed by atoms with van der Waals surface area (Å²) in [5.41, 5.74) is 0. The van der Waals surface area contributed by atoms with Crippen molar-refractivity contribution in [2.24, 2.45) is 0 Å². The number of hydrogen-bond donors (Lipinski definition) is 0. The number of fused-ring (bicyclic) bond motifs is 14. The number of hydrogen-bond acceptors (Lipinski definition) is 8. The van der Waals surface area contributed by atoms with E-state index in [4.69, 9.17) is 0 Å². The van der Waals surface area contributed by atoms with E-state index in [1.807, 2.05) is 68.0 Å². The first kappa shape index (κ1) is 59.6. The number of rotatable bonds is 19. The summed E-state index contributed by atoms with van der Waals surface area (Å²) < 4.78 is 20.1. The van der Waals surface area contributed by atoms with E-state index in [9.17, 15) is 0 Å². The van der Waals surface area contributed by atoms with Crippen LogP contribution in [-0.2, 0) is 33.3 Å². The molecule has 0 nitrogen and oxygen atoms in total. The van der Waals surface area contributed by atoms with E-state index in [2.05, 4.69) is 131 Å². The van der Waals surface area contributed by atoms with Crippen molar-refractivity contribution in [2.75, 3.05) is 0 Å². The van der Waals surface area contributed by atoms with Crippen LogP contribution in [0.4, 0.5) is 0 Å². The third-order valence-corrected chi connectivity index (χ3v) is 23.0. The van der Waals surface area contributed by atoms with E-state index < -0.39 is 0 Å². The van der Waals surface area contributed by atoms with Gasteiger partial charge in [0.1, 0.15) is 0 Å². The van der Waals surface area contributed by atoms with Crippen LogP contribution in [0, 0.1) is 14.4 Å². The Morgan fingerprint density at radius 2 is 0.682 bits per heavy atom. The summed E-state index contributed by atoms with van der Waals surface area (Å²) in [6.45, 7) is 10.6. The van der Waals surface area contributed by atoms with Crippen LogP contribution in [0.2, 0.25) is 0 Å². The molecule has 10 aromatic rings. The van der Waals surface area contributed by atoms with Gasteiger partial charge in [0.25, 0.3) is 0 Å². The summed E-state index contributed by atoms with van der Waals surface area (Å²) in [6, 6.07) is 18.9. The van der Waals surface area contributed by atoms with Crippen molar-refractivity contribution < 1.29 is 37.4 Å². The van der Waals surface area contributed by atoms with Crippen LogP contribution in [0.5, 0.6) is 0 Å². The molecule has 10 rings (SSSR count). The molecule has 8 heterocycles. The maximum atomic E-state index is 3.78. The van der Waals surface area contributed by atoms with Crippen molar-refractivity contribution in [2.45, 2.75) is 149 Å². The molecule has 8 aromatic heterocycles. The quantitative estimate of drug-likeness (QED) is 0.0430. The second-order valence-electron chi connectivity index (χ2n) is 16.6. The SMILES string of the molecule is Brc1cc2sc3c(ccc4c5sc(Br)cc5sc43)c2s1.CCCCCCCCc1cc2sc3c(ccc4c5sc(CCCCCCCC)cc5sc43)c2s1.[Br-].[CH2-]CCCCCCC.[CH3-].[Mg+2].[Pd]. The molecule has 13 heteroatoms. The summed E-state index contributed by atoms with van der Waals surface area (Å²) in [7, 11) is 0. The second-order valence-corrected chi connectivity index (χ2v) is 28.0. The zero-order valence-electron chi connectivity index (χ0n) is 38.9. The van der Waals surface area contributed by atoms with Gasteiger partial charge in [0.2, 0.25) is 0 Å². The zero-order chi connectivity index (χ0) is 43.0. The Labute approximate surface area is 484 Å². The Balaban J connectivity index is 0.000000253. The predicted octanol–water partition coefficient (Wildman–Crippen LogP) is 20.7. The number of aryl methyl sites for hydroxylation is 2. The maximum absolute atomic E-state index is 3.78. The van der Waals surface area contributed by atoms with Gasteiger partial charge in [-0.05, 0) is 81.8 Å². The molecule has 0 aliphatic carbocycles. The molecule has 356 valence electrons. The molecular weight excluding hydrogens is 1260 g/mol. The van der Waals surface area contributed by atoms with Crippen molar-refractivity contribution >= 4 is 224 Å². The van der Waals surface area contributed by atoms with Crippen molar-refractivity contribution in [1.29, 1.82) is 0 Å². The molecule has 0 bridgehead atoms. The van der Waals surface area contributed by atoms with E-state index in [1.54, 1.807) is 9.75 Å². The molecule has 0 spiro atoms. The Kier molecular flexibility index (Phi) is 26.7. The number of unbranched alkanes of at least 4 members (excludes halogenated alkanes) is 15. The average Bonchev–Trinajstić information content (AvgIpc) is 4.14. The normalized spacial score (nSPS) is 11.3. The first-order chi connectivity index (χ1) is 30.4. The largest absolute Gasteiger partial charge is 2.00 e. The minimum atomic E-state index is 0. The molecule has 0 unspecified atom stereocenters. The molecule has 0 saturated carbocycles.